The number of carboxylic acid groups (broad SMARTS) is 1. The molecule has 0 bridgehead atoms. The lowest BCUT2D eigenvalue weighted by atomic mass is 9.86. The number of hydrogen-bond donors (Lipinski definition) is 2. The van der Waals surface area contributed by atoms with Crippen molar-refractivity contribution >= 4 is 11.7 Å². The topological polar surface area (TPSA) is 113 Å². The summed E-state index contributed by atoms with van der Waals surface area (Å²) in [4.78, 5) is 24.2. The zero-order chi connectivity index (χ0) is 22.0. The van der Waals surface area contributed by atoms with Crippen molar-refractivity contribution < 1.29 is 24.1 Å². The van der Waals surface area contributed by atoms with Crippen LogP contribution in [0.5, 0.6) is 11.5 Å². The van der Waals surface area contributed by atoms with Gasteiger partial charge in [-0.2, -0.15) is 0 Å². The number of methoxy groups -OCH3 is 2. The van der Waals surface area contributed by atoms with Crippen molar-refractivity contribution in [3.05, 3.63) is 39.7 Å². The Morgan fingerprint density at radius 3 is 2.60 bits per heavy atom. The van der Waals surface area contributed by atoms with E-state index in [9.17, 15) is 14.7 Å². The largest absolute Gasteiger partial charge is 0.493 e. The zero-order valence-corrected chi connectivity index (χ0v) is 17.7. The molecule has 0 saturated heterocycles. The van der Waals surface area contributed by atoms with E-state index in [1.807, 2.05) is 10.6 Å². The molecule has 2 heterocycles. The van der Waals surface area contributed by atoms with Crippen LogP contribution >= 0.6 is 0 Å². The Balaban J connectivity index is 2.17. The molecule has 0 saturated carbocycles. The molecule has 3 N–H and O–H groups in total. The minimum Gasteiger partial charge on any atom is -0.493 e. The highest BCUT2D eigenvalue weighted by molar-refractivity contribution is 5.91. The van der Waals surface area contributed by atoms with Gasteiger partial charge in [0.1, 0.15) is 11.3 Å². The van der Waals surface area contributed by atoms with Gasteiger partial charge < -0.3 is 29.6 Å². The fraction of sp³-hybridized carbons (Fsp3) is 0.455. The molecular formula is C22H28N2O6. The van der Waals surface area contributed by atoms with E-state index in [0.717, 1.165) is 17.5 Å². The normalized spacial score (nSPS) is 14.9. The van der Waals surface area contributed by atoms with Gasteiger partial charge >= 0.3 is 5.97 Å². The lowest BCUT2D eigenvalue weighted by molar-refractivity contribution is 0.0694. The average Bonchev–Trinajstić information content (AvgIpc) is 2.71. The Labute approximate surface area is 175 Å². The second kappa shape index (κ2) is 8.79. The fourth-order valence-electron chi connectivity index (χ4n) is 3.88. The molecule has 162 valence electrons. The minimum absolute atomic E-state index is 0.0526. The van der Waals surface area contributed by atoms with Crippen molar-refractivity contribution in [3.8, 4) is 22.8 Å². The van der Waals surface area contributed by atoms with Crippen LogP contribution in [-0.2, 0) is 11.2 Å². The molecule has 1 aromatic heterocycles. The second-order valence-corrected chi connectivity index (χ2v) is 7.72. The molecule has 0 aliphatic carbocycles. The van der Waals surface area contributed by atoms with Crippen molar-refractivity contribution in [2.75, 3.05) is 33.2 Å². The highest BCUT2D eigenvalue weighted by Crippen LogP contribution is 2.44. The zero-order valence-electron chi connectivity index (χ0n) is 17.7. The van der Waals surface area contributed by atoms with Crippen LogP contribution in [0, 0.1) is 5.92 Å². The number of pyridine rings is 1. The molecule has 8 nitrogen and oxygen atoms in total. The monoisotopic (exact) mass is 416 g/mol. The molecular weight excluding hydrogens is 388 g/mol. The lowest BCUT2D eigenvalue weighted by Gasteiger charge is -2.34. The summed E-state index contributed by atoms with van der Waals surface area (Å²) < 4.78 is 18.3. The molecule has 1 aliphatic heterocycles. The van der Waals surface area contributed by atoms with Crippen molar-refractivity contribution in [2.24, 2.45) is 5.92 Å². The van der Waals surface area contributed by atoms with Crippen molar-refractivity contribution in [3.63, 3.8) is 0 Å². The van der Waals surface area contributed by atoms with Crippen LogP contribution in [-0.4, -0.2) is 43.1 Å². The minimum atomic E-state index is -1.28. The van der Waals surface area contributed by atoms with Gasteiger partial charge in [0.2, 0.25) is 5.43 Å². The molecule has 1 aromatic carbocycles. The number of aromatic carboxylic acids is 1. The van der Waals surface area contributed by atoms with E-state index in [0.29, 0.717) is 36.8 Å². The van der Waals surface area contributed by atoms with Gasteiger partial charge in [0.25, 0.3) is 0 Å². The Morgan fingerprint density at radius 1 is 1.27 bits per heavy atom. The van der Waals surface area contributed by atoms with E-state index >= 15 is 0 Å². The molecule has 1 atom stereocenters. The predicted molar refractivity (Wildman–Crippen MR) is 114 cm³/mol. The molecule has 0 fully saturated rings. The Kier molecular flexibility index (Phi) is 6.36. The van der Waals surface area contributed by atoms with Crippen LogP contribution in [0.15, 0.2) is 23.1 Å². The number of hydrogen-bond acceptors (Lipinski definition) is 6. The number of nitrogens with zero attached hydrogens (tertiary/aromatic N) is 1. The van der Waals surface area contributed by atoms with Gasteiger partial charge in [-0.25, -0.2) is 4.79 Å². The molecule has 8 heteroatoms. The number of carbonyl (C=O) groups is 1. The number of rotatable bonds is 8. The molecule has 2 aromatic rings. The quantitative estimate of drug-likeness (QED) is 0.636. The first-order chi connectivity index (χ1) is 14.3. The summed E-state index contributed by atoms with van der Waals surface area (Å²) >= 11 is 0. The van der Waals surface area contributed by atoms with E-state index < -0.39 is 11.4 Å². The summed E-state index contributed by atoms with van der Waals surface area (Å²) in [6, 6.07) is 3.68. The number of nitrogen functional groups attached to an aromatic ring is 1. The maximum absolute atomic E-state index is 12.6. The summed E-state index contributed by atoms with van der Waals surface area (Å²) in [5.74, 6) is 0.0440. The average molecular weight is 416 g/mol. The van der Waals surface area contributed by atoms with Crippen molar-refractivity contribution in [2.45, 2.75) is 32.7 Å². The van der Waals surface area contributed by atoms with Crippen molar-refractivity contribution in [1.29, 1.82) is 0 Å². The molecule has 0 spiro atoms. The van der Waals surface area contributed by atoms with Crippen LogP contribution in [0.4, 0.5) is 5.69 Å². The predicted octanol–water partition coefficient (Wildman–Crippen LogP) is 2.97. The van der Waals surface area contributed by atoms with Crippen LogP contribution in [0.3, 0.4) is 0 Å². The number of fused-ring (bicyclic) bond motifs is 3. The van der Waals surface area contributed by atoms with Crippen molar-refractivity contribution in [1.82, 2.24) is 4.57 Å². The van der Waals surface area contributed by atoms with Gasteiger partial charge in [-0.15, -0.1) is 0 Å². The fourth-order valence-corrected chi connectivity index (χ4v) is 3.88. The smallest absolute Gasteiger partial charge is 0.341 e. The first kappa shape index (κ1) is 21.7. The molecule has 1 aliphatic rings. The van der Waals surface area contributed by atoms with Crippen LogP contribution in [0.1, 0.15) is 42.2 Å². The first-order valence-electron chi connectivity index (χ1n) is 9.91. The van der Waals surface area contributed by atoms with Gasteiger partial charge in [0, 0.05) is 37.9 Å². The molecule has 30 heavy (non-hydrogen) atoms. The highest BCUT2D eigenvalue weighted by atomic mass is 16.5. The number of carboxylic acids is 1. The maximum Gasteiger partial charge on any atom is 0.341 e. The van der Waals surface area contributed by atoms with Gasteiger partial charge in [0.05, 0.1) is 19.4 Å². The number of aromatic nitrogens is 1. The van der Waals surface area contributed by atoms with E-state index in [-0.39, 0.29) is 23.2 Å². The summed E-state index contributed by atoms with van der Waals surface area (Å²) in [7, 11) is 3.19. The highest BCUT2D eigenvalue weighted by Gasteiger charge is 2.31. The summed E-state index contributed by atoms with van der Waals surface area (Å²) in [6.07, 6.45) is 2.81. The summed E-state index contributed by atoms with van der Waals surface area (Å²) in [5.41, 5.74) is 7.36. The molecule has 0 radical (unpaired) electrons. The standard InChI is InChI=1S/C22H28N2O6/c1-12(2)16-8-13-9-18(30-7-5-6-28-3)17(29-4)10-14(13)20-19(23)21(25)15(22(26)27)11-24(16)20/h9-12,16H,5-8,23H2,1-4H3,(H,26,27). The third-order valence-electron chi connectivity index (χ3n) is 5.45. The summed E-state index contributed by atoms with van der Waals surface area (Å²) in [6.45, 7) is 5.19. The third kappa shape index (κ3) is 3.87. The number of anilines is 1. The van der Waals surface area contributed by atoms with E-state index in [1.54, 1.807) is 20.3 Å². The molecule has 3 rings (SSSR count). The second-order valence-electron chi connectivity index (χ2n) is 7.72. The van der Waals surface area contributed by atoms with Crippen LogP contribution in [0.25, 0.3) is 11.3 Å². The summed E-state index contributed by atoms with van der Waals surface area (Å²) in [5, 5.41) is 9.44. The van der Waals surface area contributed by atoms with Gasteiger partial charge in [-0.05, 0) is 30.0 Å². The first-order valence-corrected chi connectivity index (χ1v) is 9.91. The van der Waals surface area contributed by atoms with Gasteiger partial charge in [-0.3, -0.25) is 4.79 Å². The Hall–Kier alpha value is -3.00. The molecule has 1 unspecified atom stereocenters. The van der Waals surface area contributed by atoms with Crippen LogP contribution in [0.2, 0.25) is 0 Å². The van der Waals surface area contributed by atoms with Gasteiger partial charge in [-0.1, -0.05) is 13.8 Å². The Morgan fingerprint density at radius 2 is 2.00 bits per heavy atom. The third-order valence-corrected chi connectivity index (χ3v) is 5.45. The number of benzene rings is 1. The lowest BCUT2D eigenvalue weighted by Crippen LogP contribution is -2.30. The Bertz CT molecular complexity index is 1010. The van der Waals surface area contributed by atoms with E-state index in [4.69, 9.17) is 19.9 Å². The molecule has 0 amide bonds. The SMILES string of the molecule is COCCCOc1cc2c(cc1OC)-c1c(N)c(=O)c(C(=O)O)cn1C(C(C)C)C2. The number of ether oxygens (including phenoxy) is 3. The maximum atomic E-state index is 12.6. The number of nitrogens with two attached hydrogens (primary N) is 1. The van der Waals surface area contributed by atoms with E-state index in [1.165, 1.54) is 6.20 Å². The van der Waals surface area contributed by atoms with Crippen LogP contribution < -0.4 is 20.6 Å². The van der Waals surface area contributed by atoms with E-state index in [2.05, 4.69) is 13.8 Å². The van der Waals surface area contributed by atoms with Gasteiger partial charge in [0.15, 0.2) is 11.5 Å².